The highest BCUT2D eigenvalue weighted by Crippen LogP contribution is 2.53. The molecule has 4 rings (SSSR count). The van der Waals surface area contributed by atoms with E-state index in [1.54, 1.807) is 19.1 Å². The van der Waals surface area contributed by atoms with Gasteiger partial charge in [0.25, 0.3) is 5.89 Å². The molecule has 0 radical (unpaired) electrons. The highest BCUT2D eigenvalue weighted by molar-refractivity contribution is 5.83. The Labute approximate surface area is 151 Å². The van der Waals surface area contributed by atoms with Gasteiger partial charge < -0.3 is 14.6 Å². The second-order valence-electron chi connectivity index (χ2n) is 7.15. The second kappa shape index (κ2) is 6.41. The average molecular weight is 352 g/mol. The van der Waals surface area contributed by atoms with Crippen LogP contribution in [0.5, 0.6) is 0 Å². The molecule has 1 aliphatic heterocycles. The van der Waals surface area contributed by atoms with Crippen LogP contribution in [0.1, 0.15) is 38.3 Å². The average Bonchev–Trinajstić information content (AvgIpc) is 3.26. The Morgan fingerprint density at radius 3 is 2.69 bits per heavy atom. The highest BCUT2D eigenvalue weighted by atomic mass is 16.4. The van der Waals surface area contributed by atoms with Gasteiger partial charge in [-0.15, -0.1) is 5.10 Å². The first-order valence-corrected chi connectivity index (χ1v) is 8.84. The number of piperidine rings is 1. The van der Waals surface area contributed by atoms with Crippen molar-refractivity contribution in [2.24, 2.45) is 5.41 Å². The number of hydrogen-bond acceptors (Lipinski definition) is 7. The monoisotopic (exact) mass is 352 g/mol. The lowest BCUT2D eigenvalue weighted by Gasteiger charge is -2.33. The number of aromatic nitrogens is 3. The van der Waals surface area contributed by atoms with Gasteiger partial charge in [0.2, 0.25) is 5.91 Å². The van der Waals surface area contributed by atoms with Gasteiger partial charge in [0.1, 0.15) is 17.8 Å². The minimum Gasteiger partial charge on any atom is -0.403 e. The fourth-order valence-electron chi connectivity index (χ4n) is 3.38. The first-order chi connectivity index (χ1) is 12.6. The highest BCUT2D eigenvalue weighted by Gasteiger charge is 2.45. The number of nitriles is 1. The molecule has 26 heavy (non-hydrogen) atoms. The van der Waals surface area contributed by atoms with Crippen LogP contribution in [-0.2, 0) is 4.79 Å². The number of hydrogen-bond donors (Lipinski definition) is 1. The number of rotatable bonds is 4. The number of pyridine rings is 1. The number of nitrogens with zero attached hydrogens (tertiary/aromatic N) is 5. The molecule has 2 aliphatic rings. The van der Waals surface area contributed by atoms with Crippen LogP contribution in [0.3, 0.4) is 0 Å². The van der Waals surface area contributed by atoms with Gasteiger partial charge in [-0.2, -0.15) is 5.26 Å². The number of carbonyl (C=O) groups excluding carboxylic acids is 1. The molecule has 1 aliphatic carbocycles. The quantitative estimate of drug-likeness (QED) is 0.898. The van der Waals surface area contributed by atoms with Crippen molar-refractivity contribution < 1.29 is 9.21 Å². The maximum absolute atomic E-state index is 12.6. The molecule has 0 unspecified atom stereocenters. The van der Waals surface area contributed by atoms with Crippen LogP contribution >= 0.6 is 0 Å². The van der Waals surface area contributed by atoms with Gasteiger partial charge in [0.05, 0.1) is 5.56 Å². The van der Waals surface area contributed by atoms with Crippen molar-refractivity contribution in [2.75, 3.05) is 18.4 Å². The summed E-state index contributed by atoms with van der Waals surface area (Å²) in [4.78, 5) is 18.5. The topological polar surface area (TPSA) is 108 Å². The van der Waals surface area contributed by atoms with Gasteiger partial charge in [0.15, 0.2) is 0 Å². The third kappa shape index (κ3) is 3.25. The summed E-state index contributed by atoms with van der Waals surface area (Å²) in [6.07, 6.45) is 6.37. The number of carbonyl (C=O) groups is 1. The summed E-state index contributed by atoms with van der Waals surface area (Å²) < 4.78 is 5.57. The van der Waals surface area contributed by atoms with E-state index in [2.05, 4.69) is 20.5 Å². The van der Waals surface area contributed by atoms with Crippen LogP contribution in [0.25, 0.3) is 11.5 Å². The molecule has 1 saturated carbocycles. The molecule has 8 heteroatoms. The van der Waals surface area contributed by atoms with Gasteiger partial charge in [-0.1, -0.05) is 5.10 Å². The van der Waals surface area contributed by atoms with Crippen LogP contribution in [0.4, 0.5) is 6.01 Å². The predicted molar refractivity (Wildman–Crippen MR) is 92.8 cm³/mol. The first-order valence-electron chi connectivity index (χ1n) is 8.84. The number of likely N-dealkylation sites (tertiary alicyclic amines) is 1. The van der Waals surface area contributed by atoms with Crippen molar-refractivity contribution in [2.45, 2.75) is 38.6 Å². The van der Waals surface area contributed by atoms with Gasteiger partial charge in [-0.25, -0.2) is 4.98 Å². The minimum absolute atomic E-state index is 0.0558. The molecule has 1 saturated heterocycles. The van der Waals surface area contributed by atoms with Gasteiger partial charge >= 0.3 is 6.01 Å². The van der Waals surface area contributed by atoms with Crippen molar-refractivity contribution in [3.63, 3.8) is 0 Å². The molecule has 2 aromatic heterocycles. The van der Waals surface area contributed by atoms with Crippen LogP contribution in [0.2, 0.25) is 0 Å². The van der Waals surface area contributed by atoms with Gasteiger partial charge in [-0.3, -0.25) is 4.79 Å². The predicted octanol–water partition coefficient (Wildman–Crippen LogP) is 2.21. The van der Waals surface area contributed by atoms with Gasteiger partial charge in [-0.05, 0) is 50.2 Å². The molecule has 1 spiro atoms. The van der Waals surface area contributed by atoms with Crippen molar-refractivity contribution in [3.05, 3.63) is 24.0 Å². The number of anilines is 1. The lowest BCUT2D eigenvalue weighted by Crippen LogP contribution is -2.45. The van der Waals surface area contributed by atoms with Crippen molar-refractivity contribution in [3.8, 4) is 17.5 Å². The van der Waals surface area contributed by atoms with Crippen molar-refractivity contribution in [1.82, 2.24) is 20.1 Å². The van der Waals surface area contributed by atoms with Crippen molar-refractivity contribution in [1.29, 1.82) is 5.26 Å². The lowest BCUT2D eigenvalue weighted by molar-refractivity contribution is -0.133. The van der Waals surface area contributed by atoms with E-state index in [1.807, 2.05) is 11.0 Å². The Morgan fingerprint density at radius 2 is 2.08 bits per heavy atom. The number of amides is 1. The van der Waals surface area contributed by atoms with E-state index in [1.165, 1.54) is 19.0 Å². The molecule has 3 heterocycles. The minimum atomic E-state index is -0.435. The van der Waals surface area contributed by atoms with E-state index in [0.717, 1.165) is 25.9 Å². The van der Waals surface area contributed by atoms with Crippen molar-refractivity contribution >= 4 is 11.9 Å². The number of nitrogens with one attached hydrogen (secondary N) is 1. The zero-order valence-electron chi connectivity index (χ0n) is 14.6. The molecule has 8 nitrogen and oxygen atoms in total. The van der Waals surface area contributed by atoms with Crippen LogP contribution in [0, 0.1) is 16.7 Å². The van der Waals surface area contributed by atoms with Crippen LogP contribution < -0.4 is 5.32 Å². The fourth-order valence-corrected chi connectivity index (χ4v) is 3.38. The molecule has 1 N–H and O–H groups in total. The maximum Gasteiger partial charge on any atom is 0.316 e. The van der Waals surface area contributed by atoms with E-state index in [0.29, 0.717) is 16.7 Å². The molecule has 134 valence electrons. The van der Waals surface area contributed by atoms with Crippen LogP contribution in [0.15, 0.2) is 22.7 Å². The fraction of sp³-hybridized carbons (Fsp3) is 0.500. The molecule has 1 amide bonds. The van der Waals surface area contributed by atoms with Crippen LogP contribution in [-0.4, -0.2) is 45.1 Å². The largest absolute Gasteiger partial charge is 0.403 e. The Morgan fingerprint density at radius 1 is 1.31 bits per heavy atom. The van der Waals surface area contributed by atoms with E-state index in [4.69, 9.17) is 9.68 Å². The summed E-state index contributed by atoms with van der Waals surface area (Å²) in [5, 5.41) is 19.7. The Hall–Kier alpha value is -2.95. The summed E-state index contributed by atoms with van der Waals surface area (Å²) in [6.45, 7) is 3.46. The molecule has 0 aromatic carbocycles. The molecule has 1 atom stereocenters. The molecular formula is C18H20N6O2. The summed E-state index contributed by atoms with van der Waals surface area (Å²) in [5.74, 6) is 0.345. The molecule has 0 bridgehead atoms. The summed E-state index contributed by atoms with van der Waals surface area (Å²) >= 11 is 0. The Bertz CT molecular complexity index is 839. The molecule has 2 fully saturated rings. The van der Waals surface area contributed by atoms with E-state index < -0.39 is 6.04 Å². The van der Waals surface area contributed by atoms with E-state index in [-0.39, 0.29) is 17.8 Å². The smallest absolute Gasteiger partial charge is 0.316 e. The summed E-state index contributed by atoms with van der Waals surface area (Å²) in [5.41, 5.74) is 1.49. The lowest BCUT2D eigenvalue weighted by atomic mass is 9.93. The van der Waals surface area contributed by atoms with E-state index in [9.17, 15) is 4.79 Å². The van der Waals surface area contributed by atoms with E-state index >= 15 is 0 Å². The molecule has 2 aromatic rings. The normalized spacial score (nSPS) is 19.0. The summed E-state index contributed by atoms with van der Waals surface area (Å²) in [7, 11) is 0. The summed E-state index contributed by atoms with van der Waals surface area (Å²) in [6, 6.07) is 5.00. The molecular weight excluding hydrogens is 332 g/mol. The second-order valence-corrected chi connectivity index (χ2v) is 7.15. The maximum atomic E-state index is 12.6. The zero-order chi connectivity index (χ0) is 18.1. The standard InChI is InChI=1S/C18H20N6O2/c1-12(16(25)24-8-6-18(4-5-18)7-9-24)21-17-23-22-15(26-17)13-2-3-14(10-19)20-11-13/h2-3,11-12H,4-9H2,1H3,(H,21,23)/t12-/m0/s1. The Balaban J connectivity index is 1.37. The third-order valence-electron chi connectivity index (χ3n) is 5.35. The Kier molecular flexibility index (Phi) is 4.07. The first kappa shape index (κ1) is 16.5. The third-order valence-corrected chi connectivity index (χ3v) is 5.35. The van der Waals surface area contributed by atoms with Gasteiger partial charge in [0, 0.05) is 19.3 Å². The SMILES string of the molecule is C[C@H](Nc1nnc(-c2ccc(C#N)nc2)o1)C(=O)N1CCC2(CC1)CC2. The zero-order valence-corrected chi connectivity index (χ0v) is 14.6.